The van der Waals surface area contributed by atoms with Gasteiger partial charge < -0.3 is 9.88 Å². The van der Waals surface area contributed by atoms with Crippen LogP contribution in [0.5, 0.6) is 0 Å². The highest BCUT2D eigenvalue weighted by Gasteiger charge is 2.13. The van der Waals surface area contributed by atoms with Crippen LogP contribution in [0, 0.1) is 11.7 Å². The van der Waals surface area contributed by atoms with Gasteiger partial charge in [-0.1, -0.05) is 13.0 Å². The molecule has 1 aromatic heterocycles. The lowest BCUT2D eigenvalue weighted by Gasteiger charge is -2.16. The molecule has 4 nitrogen and oxygen atoms in total. The third-order valence-electron chi connectivity index (χ3n) is 3.09. The lowest BCUT2D eigenvalue weighted by molar-refractivity contribution is 0.101. The van der Waals surface area contributed by atoms with Gasteiger partial charge in [0.15, 0.2) is 5.78 Å². The van der Waals surface area contributed by atoms with Gasteiger partial charge >= 0.3 is 0 Å². The molecular weight excluding hydrogens is 257 g/mol. The van der Waals surface area contributed by atoms with E-state index >= 15 is 0 Å². The van der Waals surface area contributed by atoms with Crippen molar-refractivity contribution in [3.05, 3.63) is 48.3 Å². The molecule has 1 atom stereocenters. The highest BCUT2D eigenvalue weighted by atomic mass is 19.1. The summed E-state index contributed by atoms with van der Waals surface area (Å²) < 4.78 is 15.6. The maximum Gasteiger partial charge on any atom is 0.164 e. The normalized spacial score (nSPS) is 12.2. The topological polar surface area (TPSA) is 46.9 Å². The zero-order valence-corrected chi connectivity index (χ0v) is 11.6. The lowest BCUT2D eigenvalue weighted by atomic mass is 10.1. The van der Waals surface area contributed by atoms with Crippen LogP contribution in [0.25, 0.3) is 0 Å². The minimum absolute atomic E-state index is 0.127. The Kier molecular flexibility index (Phi) is 4.50. The van der Waals surface area contributed by atoms with E-state index in [2.05, 4.69) is 17.2 Å². The number of hydrogen-bond donors (Lipinski definition) is 1. The van der Waals surface area contributed by atoms with E-state index in [0.29, 0.717) is 18.2 Å². The minimum atomic E-state index is -0.482. The van der Waals surface area contributed by atoms with Crippen LogP contribution in [-0.4, -0.2) is 21.9 Å². The number of carbonyl (C=O) groups excluding carboxylic acids is 1. The molecule has 0 amide bonds. The van der Waals surface area contributed by atoms with E-state index in [9.17, 15) is 9.18 Å². The number of ketones is 1. The van der Waals surface area contributed by atoms with Gasteiger partial charge in [-0.15, -0.1) is 0 Å². The Balaban J connectivity index is 2.00. The van der Waals surface area contributed by atoms with Crippen LogP contribution in [-0.2, 0) is 6.54 Å². The average molecular weight is 275 g/mol. The molecule has 0 fully saturated rings. The van der Waals surface area contributed by atoms with Gasteiger partial charge in [-0.25, -0.2) is 9.37 Å². The van der Waals surface area contributed by atoms with Crippen molar-refractivity contribution in [3.8, 4) is 0 Å². The zero-order valence-electron chi connectivity index (χ0n) is 11.6. The number of halogens is 1. The van der Waals surface area contributed by atoms with Gasteiger partial charge in [0.1, 0.15) is 5.82 Å². The van der Waals surface area contributed by atoms with Crippen molar-refractivity contribution in [2.45, 2.75) is 20.4 Å². The first kappa shape index (κ1) is 14.2. The summed E-state index contributed by atoms with van der Waals surface area (Å²) in [4.78, 5) is 15.5. The quantitative estimate of drug-likeness (QED) is 0.824. The summed E-state index contributed by atoms with van der Waals surface area (Å²) in [7, 11) is 0. The largest absolute Gasteiger partial charge is 0.384 e. The Hall–Kier alpha value is -2.17. The van der Waals surface area contributed by atoms with E-state index < -0.39 is 5.82 Å². The first-order valence-corrected chi connectivity index (χ1v) is 6.57. The van der Waals surface area contributed by atoms with Crippen molar-refractivity contribution >= 4 is 11.5 Å². The molecule has 2 aromatic rings. The average Bonchev–Trinajstić information content (AvgIpc) is 2.88. The van der Waals surface area contributed by atoms with Crippen LogP contribution in [0.3, 0.4) is 0 Å². The highest BCUT2D eigenvalue weighted by molar-refractivity contribution is 5.99. The molecule has 20 heavy (non-hydrogen) atoms. The summed E-state index contributed by atoms with van der Waals surface area (Å²) in [5.41, 5.74) is 0.678. The predicted octanol–water partition coefficient (Wildman–Crippen LogP) is 2.97. The van der Waals surface area contributed by atoms with E-state index in [4.69, 9.17) is 0 Å². The zero-order chi connectivity index (χ0) is 14.5. The third-order valence-corrected chi connectivity index (χ3v) is 3.09. The second-order valence-corrected chi connectivity index (χ2v) is 4.96. The maximum atomic E-state index is 13.7. The fraction of sp³-hybridized carbons (Fsp3) is 0.333. The first-order chi connectivity index (χ1) is 9.58. The van der Waals surface area contributed by atoms with Crippen LogP contribution in [0.4, 0.5) is 10.1 Å². The van der Waals surface area contributed by atoms with Crippen LogP contribution < -0.4 is 5.32 Å². The number of benzene rings is 1. The maximum absolute atomic E-state index is 13.7. The lowest BCUT2D eigenvalue weighted by Crippen LogP contribution is -2.18. The molecule has 0 saturated heterocycles. The fourth-order valence-corrected chi connectivity index (χ4v) is 2.13. The van der Waals surface area contributed by atoms with Gasteiger partial charge in [-0.05, 0) is 25.0 Å². The monoisotopic (exact) mass is 275 g/mol. The van der Waals surface area contributed by atoms with Crippen molar-refractivity contribution in [1.29, 1.82) is 0 Å². The molecule has 0 aliphatic rings. The number of carbonyl (C=O) groups is 1. The Morgan fingerprint density at radius 3 is 2.95 bits per heavy atom. The second-order valence-electron chi connectivity index (χ2n) is 4.96. The Morgan fingerprint density at radius 2 is 2.30 bits per heavy atom. The van der Waals surface area contributed by atoms with Crippen molar-refractivity contribution in [3.63, 3.8) is 0 Å². The number of imidazole rings is 1. The summed E-state index contributed by atoms with van der Waals surface area (Å²) in [6.07, 6.45) is 5.40. The van der Waals surface area contributed by atoms with Gasteiger partial charge in [0.2, 0.25) is 0 Å². The number of nitrogens with one attached hydrogen (secondary N) is 1. The summed E-state index contributed by atoms with van der Waals surface area (Å²) in [5, 5.41) is 3.15. The standard InChI is InChI=1S/C15H18FN3O/c1-11(9-19-7-6-17-10-19)8-18-14-5-3-4-13(16)15(14)12(2)20/h3-7,10-11,18H,8-9H2,1-2H3/t11-/m1/s1. The highest BCUT2D eigenvalue weighted by Crippen LogP contribution is 2.20. The van der Waals surface area contributed by atoms with Gasteiger partial charge in [0, 0.05) is 31.2 Å². The molecule has 0 bridgehead atoms. The number of rotatable bonds is 6. The molecule has 5 heteroatoms. The van der Waals surface area contributed by atoms with E-state index in [0.717, 1.165) is 6.54 Å². The molecule has 0 radical (unpaired) electrons. The van der Waals surface area contributed by atoms with E-state index in [1.807, 2.05) is 10.8 Å². The van der Waals surface area contributed by atoms with Crippen molar-refractivity contribution < 1.29 is 9.18 Å². The van der Waals surface area contributed by atoms with Crippen LogP contribution in [0.1, 0.15) is 24.2 Å². The molecule has 0 unspecified atom stereocenters. The molecule has 0 aliphatic carbocycles. The van der Waals surface area contributed by atoms with Gasteiger partial charge in [-0.2, -0.15) is 0 Å². The molecular formula is C15H18FN3O. The molecule has 1 aromatic carbocycles. The fourth-order valence-electron chi connectivity index (χ4n) is 2.13. The smallest absolute Gasteiger partial charge is 0.164 e. The number of hydrogen-bond acceptors (Lipinski definition) is 3. The summed E-state index contributed by atoms with van der Waals surface area (Å²) in [5.74, 6) is -0.426. The molecule has 0 spiro atoms. The molecule has 0 saturated carbocycles. The second kappa shape index (κ2) is 6.32. The molecule has 0 aliphatic heterocycles. The van der Waals surface area contributed by atoms with Crippen LogP contribution in [0.2, 0.25) is 0 Å². The summed E-state index contributed by atoms with van der Waals surface area (Å²) in [6, 6.07) is 4.63. The van der Waals surface area contributed by atoms with Crippen LogP contribution in [0.15, 0.2) is 36.9 Å². The van der Waals surface area contributed by atoms with E-state index in [1.165, 1.54) is 13.0 Å². The van der Waals surface area contributed by atoms with Gasteiger partial charge in [0.05, 0.1) is 11.9 Å². The number of aromatic nitrogens is 2. The molecule has 2 rings (SSSR count). The molecule has 1 heterocycles. The van der Waals surface area contributed by atoms with Gasteiger partial charge in [0.25, 0.3) is 0 Å². The Morgan fingerprint density at radius 1 is 1.50 bits per heavy atom. The minimum Gasteiger partial charge on any atom is -0.384 e. The Bertz CT molecular complexity index is 581. The van der Waals surface area contributed by atoms with Crippen molar-refractivity contribution in [1.82, 2.24) is 9.55 Å². The Labute approximate surface area is 117 Å². The van der Waals surface area contributed by atoms with Crippen molar-refractivity contribution in [2.75, 3.05) is 11.9 Å². The summed E-state index contributed by atoms with van der Waals surface area (Å²) >= 11 is 0. The number of anilines is 1. The van der Waals surface area contributed by atoms with Gasteiger partial charge in [-0.3, -0.25) is 4.79 Å². The van der Waals surface area contributed by atoms with E-state index in [-0.39, 0.29) is 11.3 Å². The predicted molar refractivity (Wildman–Crippen MR) is 76.3 cm³/mol. The first-order valence-electron chi connectivity index (χ1n) is 6.57. The van der Waals surface area contributed by atoms with E-state index in [1.54, 1.807) is 24.7 Å². The van der Waals surface area contributed by atoms with Crippen LogP contribution >= 0.6 is 0 Å². The SMILES string of the molecule is CC(=O)c1c(F)cccc1NC[C@@H](C)Cn1ccnc1. The molecule has 106 valence electrons. The summed E-state index contributed by atoms with van der Waals surface area (Å²) in [6.45, 7) is 4.93. The van der Waals surface area contributed by atoms with Crippen molar-refractivity contribution in [2.24, 2.45) is 5.92 Å². The number of nitrogens with zero attached hydrogens (tertiary/aromatic N) is 2. The molecule has 1 N–H and O–H groups in total. The number of Topliss-reactive ketones (excluding diaryl/α,β-unsaturated/α-hetero) is 1. The third kappa shape index (κ3) is 3.44.